The topological polar surface area (TPSA) is 124 Å². The Morgan fingerprint density at radius 2 is 1.63 bits per heavy atom. The molecule has 1 fully saturated rings. The van der Waals surface area contributed by atoms with Crippen molar-refractivity contribution in [2.45, 2.75) is 37.9 Å². The lowest BCUT2D eigenvalue weighted by atomic mass is 9.99. The van der Waals surface area contributed by atoms with Gasteiger partial charge in [-0.15, -0.1) is 0 Å². The third-order valence-electron chi connectivity index (χ3n) is 5.19. The van der Waals surface area contributed by atoms with Crippen LogP contribution in [0.3, 0.4) is 0 Å². The van der Waals surface area contributed by atoms with Crippen LogP contribution in [0.4, 0.5) is 0 Å². The summed E-state index contributed by atoms with van der Waals surface area (Å²) in [6.45, 7) is 1.34. The highest BCUT2D eigenvalue weighted by molar-refractivity contribution is 5.93. The summed E-state index contributed by atoms with van der Waals surface area (Å²) in [5.41, 5.74) is 0.986. The molecule has 0 unspecified atom stereocenters. The molecule has 3 N–H and O–H groups in total. The minimum atomic E-state index is -1.18. The summed E-state index contributed by atoms with van der Waals surface area (Å²) >= 11 is 0. The van der Waals surface area contributed by atoms with Crippen molar-refractivity contribution in [1.29, 1.82) is 0 Å². The third kappa shape index (κ3) is 4.32. The van der Waals surface area contributed by atoms with Crippen LogP contribution >= 0.6 is 0 Å². The minimum Gasteiger partial charge on any atom is -0.480 e. The Morgan fingerprint density at radius 3 is 2.23 bits per heavy atom. The van der Waals surface area contributed by atoms with E-state index in [2.05, 4.69) is 5.32 Å². The number of amides is 2. The van der Waals surface area contributed by atoms with Crippen molar-refractivity contribution in [2.24, 2.45) is 0 Å². The smallest absolute Gasteiger partial charge is 0.335 e. The number of carbonyl (C=O) groups is 4. The Balaban J connectivity index is 2.01. The molecule has 1 aliphatic rings. The number of nitrogens with one attached hydrogen (secondary N) is 1. The van der Waals surface area contributed by atoms with Gasteiger partial charge in [0, 0.05) is 13.3 Å². The van der Waals surface area contributed by atoms with E-state index in [1.54, 1.807) is 42.5 Å². The lowest BCUT2D eigenvalue weighted by molar-refractivity contribution is -0.149. The summed E-state index contributed by atoms with van der Waals surface area (Å²) in [6, 6.07) is 12.6. The van der Waals surface area contributed by atoms with Gasteiger partial charge in [0.15, 0.2) is 0 Å². The zero-order valence-electron chi connectivity index (χ0n) is 16.3. The molecule has 1 heterocycles. The molecule has 3 rings (SSSR count). The second-order valence-electron chi connectivity index (χ2n) is 7.19. The first kappa shape index (κ1) is 21.0. The van der Waals surface area contributed by atoms with Gasteiger partial charge in [0.2, 0.25) is 11.8 Å². The van der Waals surface area contributed by atoms with Gasteiger partial charge in [-0.3, -0.25) is 9.59 Å². The van der Waals surface area contributed by atoms with Crippen molar-refractivity contribution in [3.05, 3.63) is 71.3 Å². The van der Waals surface area contributed by atoms with Crippen LogP contribution in [0.2, 0.25) is 0 Å². The van der Waals surface area contributed by atoms with E-state index in [0.717, 1.165) is 0 Å². The lowest BCUT2D eigenvalue weighted by Crippen LogP contribution is -2.44. The van der Waals surface area contributed by atoms with Crippen molar-refractivity contribution in [2.75, 3.05) is 0 Å². The van der Waals surface area contributed by atoms with Crippen LogP contribution in [0.5, 0.6) is 0 Å². The number of hydrogen-bond donors (Lipinski definition) is 3. The van der Waals surface area contributed by atoms with Gasteiger partial charge >= 0.3 is 11.9 Å². The van der Waals surface area contributed by atoms with Crippen molar-refractivity contribution in [3.8, 4) is 0 Å². The maximum atomic E-state index is 13.3. The summed E-state index contributed by atoms with van der Waals surface area (Å²) in [6.07, 6.45) is -0.205. The number of nitrogens with zero attached hydrogens (tertiary/aromatic N) is 1. The van der Waals surface area contributed by atoms with E-state index in [1.807, 2.05) is 0 Å². The molecule has 8 heteroatoms. The Kier molecular flexibility index (Phi) is 6.15. The van der Waals surface area contributed by atoms with E-state index in [4.69, 9.17) is 0 Å². The third-order valence-corrected chi connectivity index (χ3v) is 5.19. The first-order chi connectivity index (χ1) is 14.3. The number of likely N-dealkylation sites (tertiary alicyclic amines) is 1. The molecule has 2 amide bonds. The van der Waals surface area contributed by atoms with Crippen molar-refractivity contribution < 1.29 is 29.4 Å². The van der Waals surface area contributed by atoms with Gasteiger partial charge in [0.25, 0.3) is 0 Å². The quantitative estimate of drug-likeness (QED) is 0.668. The number of hydrogen-bond acceptors (Lipinski definition) is 4. The molecule has 8 nitrogen and oxygen atoms in total. The monoisotopic (exact) mass is 410 g/mol. The first-order valence-electron chi connectivity index (χ1n) is 9.46. The predicted molar refractivity (Wildman–Crippen MR) is 107 cm³/mol. The molecule has 30 heavy (non-hydrogen) atoms. The van der Waals surface area contributed by atoms with Gasteiger partial charge < -0.3 is 20.4 Å². The van der Waals surface area contributed by atoms with E-state index in [9.17, 15) is 29.4 Å². The molecule has 0 radical (unpaired) electrons. The number of carboxylic acid groups (broad SMARTS) is 2. The minimum absolute atomic E-state index is 0.00778. The van der Waals surface area contributed by atoms with Crippen LogP contribution in [0.15, 0.2) is 54.6 Å². The molecule has 0 aromatic heterocycles. The predicted octanol–water partition coefficient (Wildman–Crippen LogP) is 1.86. The van der Waals surface area contributed by atoms with E-state index < -0.39 is 36.0 Å². The molecule has 0 aliphatic carbocycles. The maximum Gasteiger partial charge on any atom is 0.335 e. The molecule has 0 saturated carbocycles. The van der Waals surface area contributed by atoms with Crippen LogP contribution in [0, 0.1) is 0 Å². The van der Waals surface area contributed by atoms with Crippen LogP contribution in [-0.2, 0) is 20.8 Å². The Hall–Kier alpha value is -3.68. The van der Waals surface area contributed by atoms with Crippen molar-refractivity contribution >= 4 is 23.8 Å². The van der Waals surface area contributed by atoms with Gasteiger partial charge in [-0.1, -0.05) is 48.5 Å². The maximum absolute atomic E-state index is 13.3. The van der Waals surface area contributed by atoms with Gasteiger partial charge in [0.1, 0.15) is 6.04 Å². The standard InChI is InChI=1S/C22H22N2O6/c1-13(25)23-17-12-18(22(29)30)24(20(17)14-7-3-2-4-8-14)19(26)11-15-9-5-6-10-16(15)21(27)28/h2-10,17-18,20H,11-12H2,1H3,(H,23,25)(H,27,28)(H,29,30)/t17-,18+,20+/m1/s1. The number of carboxylic acids is 2. The highest BCUT2D eigenvalue weighted by Gasteiger charge is 2.48. The first-order valence-corrected chi connectivity index (χ1v) is 9.46. The Bertz CT molecular complexity index is 975. The Morgan fingerprint density at radius 1 is 1.00 bits per heavy atom. The number of aliphatic carboxylic acids is 1. The SMILES string of the molecule is CC(=O)N[C@@H]1C[C@@H](C(=O)O)N(C(=O)Cc2ccccc2C(=O)O)[C@H]1c1ccccc1. The van der Waals surface area contributed by atoms with E-state index in [0.29, 0.717) is 11.1 Å². The molecule has 2 aromatic rings. The van der Waals surface area contributed by atoms with Gasteiger partial charge in [0.05, 0.1) is 24.1 Å². The normalized spacial score (nSPS) is 20.6. The van der Waals surface area contributed by atoms with Crippen molar-refractivity contribution in [1.82, 2.24) is 10.2 Å². The summed E-state index contributed by atoms with van der Waals surface area (Å²) in [4.78, 5) is 49.7. The average molecular weight is 410 g/mol. The second kappa shape index (κ2) is 8.77. The van der Waals surface area contributed by atoms with Gasteiger partial charge in [-0.2, -0.15) is 0 Å². The highest BCUT2D eigenvalue weighted by atomic mass is 16.4. The fourth-order valence-electron chi connectivity index (χ4n) is 4.00. The van der Waals surface area contributed by atoms with Crippen LogP contribution in [0.25, 0.3) is 0 Å². The molecule has 0 spiro atoms. The van der Waals surface area contributed by atoms with Gasteiger partial charge in [-0.25, -0.2) is 9.59 Å². The lowest BCUT2D eigenvalue weighted by Gasteiger charge is -2.31. The van der Waals surface area contributed by atoms with Crippen LogP contribution in [-0.4, -0.2) is 50.9 Å². The fourth-order valence-corrected chi connectivity index (χ4v) is 4.00. The number of carbonyl (C=O) groups excluding carboxylic acids is 2. The largest absolute Gasteiger partial charge is 0.480 e. The molecule has 0 bridgehead atoms. The number of rotatable bonds is 6. The summed E-state index contributed by atoms with van der Waals surface area (Å²) in [5.74, 6) is -3.18. The van der Waals surface area contributed by atoms with Crippen LogP contribution < -0.4 is 5.32 Å². The molecule has 1 aliphatic heterocycles. The molecular weight excluding hydrogens is 388 g/mol. The van der Waals surface area contributed by atoms with Crippen LogP contribution in [0.1, 0.15) is 40.9 Å². The molecule has 1 saturated heterocycles. The Labute approximate surface area is 173 Å². The van der Waals surface area contributed by atoms with E-state index in [1.165, 1.54) is 24.0 Å². The fraction of sp³-hybridized carbons (Fsp3) is 0.273. The average Bonchev–Trinajstić information content (AvgIpc) is 3.07. The summed E-state index contributed by atoms with van der Waals surface area (Å²) < 4.78 is 0. The highest BCUT2D eigenvalue weighted by Crippen LogP contribution is 2.37. The zero-order chi connectivity index (χ0) is 21.8. The van der Waals surface area contributed by atoms with Gasteiger partial charge in [-0.05, 0) is 17.2 Å². The van der Waals surface area contributed by atoms with E-state index >= 15 is 0 Å². The molecule has 3 atom stereocenters. The zero-order valence-corrected chi connectivity index (χ0v) is 16.3. The number of benzene rings is 2. The van der Waals surface area contributed by atoms with Crippen molar-refractivity contribution in [3.63, 3.8) is 0 Å². The molecular formula is C22H22N2O6. The number of aromatic carboxylic acids is 1. The summed E-state index contributed by atoms with van der Waals surface area (Å²) in [5, 5.41) is 21.9. The second-order valence-corrected chi connectivity index (χ2v) is 7.19. The molecule has 156 valence electrons. The van der Waals surface area contributed by atoms with E-state index in [-0.39, 0.29) is 24.3 Å². The summed E-state index contributed by atoms with van der Waals surface area (Å²) in [7, 11) is 0. The molecule has 2 aromatic carbocycles.